The third-order valence-corrected chi connectivity index (χ3v) is 4.91. The number of sulfonamides is 1. The molecule has 0 aliphatic carbocycles. The minimum absolute atomic E-state index is 0.0140. The van der Waals surface area contributed by atoms with E-state index in [-0.39, 0.29) is 30.5 Å². The molecule has 1 aromatic carbocycles. The summed E-state index contributed by atoms with van der Waals surface area (Å²) in [5, 5.41) is 8.39. The number of ether oxygens (including phenoxy) is 1. The van der Waals surface area contributed by atoms with Crippen molar-refractivity contribution in [1.82, 2.24) is 4.90 Å². The van der Waals surface area contributed by atoms with Gasteiger partial charge in [-0.15, -0.1) is 0 Å². The van der Waals surface area contributed by atoms with E-state index in [0.717, 1.165) is 30.8 Å². The lowest BCUT2D eigenvalue weighted by atomic mass is 10.0. The average molecular weight is 355 g/mol. The van der Waals surface area contributed by atoms with Crippen molar-refractivity contribution in [2.45, 2.75) is 31.7 Å². The molecule has 1 aliphatic rings. The lowest BCUT2D eigenvalue weighted by Crippen LogP contribution is -2.45. The largest absolute Gasteiger partial charge is 0.497 e. The molecule has 1 heterocycles. The number of piperidine rings is 1. The molecule has 0 unspecified atom stereocenters. The van der Waals surface area contributed by atoms with Crippen LogP contribution in [0.4, 0.5) is 5.69 Å². The van der Waals surface area contributed by atoms with Gasteiger partial charge in [0.1, 0.15) is 5.75 Å². The van der Waals surface area contributed by atoms with Gasteiger partial charge in [0.15, 0.2) is 0 Å². The first kappa shape index (κ1) is 18.5. The number of amides is 1. The second-order valence-electron chi connectivity index (χ2n) is 6.02. The highest BCUT2D eigenvalue weighted by Crippen LogP contribution is 2.19. The average Bonchev–Trinajstić information content (AvgIpc) is 2.54. The number of hydrogen-bond donors (Lipinski definition) is 2. The van der Waals surface area contributed by atoms with Gasteiger partial charge in [-0.2, -0.15) is 0 Å². The Balaban J connectivity index is 1.83. The minimum atomic E-state index is -3.50. The highest BCUT2D eigenvalue weighted by molar-refractivity contribution is 7.89. The molecule has 1 aromatic rings. The van der Waals surface area contributed by atoms with Crippen LogP contribution in [0, 0.1) is 0 Å². The molecule has 0 aromatic heterocycles. The minimum Gasteiger partial charge on any atom is -0.497 e. The molecule has 0 spiro atoms. The Kier molecular flexibility index (Phi) is 6.44. The quantitative estimate of drug-likeness (QED) is 0.764. The fourth-order valence-electron chi connectivity index (χ4n) is 2.83. The molecule has 0 radical (unpaired) electrons. The van der Waals surface area contributed by atoms with Crippen molar-refractivity contribution < 1.29 is 17.9 Å². The van der Waals surface area contributed by atoms with Crippen LogP contribution in [0.3, 0.4) is 0 Å². The molecular weight excluding hydrogens is 330 g/mol. The summed E-state index contributed by atoms with van der Waals surface area (Å²) in [6.07, 6.45) is 2.40. The number of rotatable bonds is 7. The second kappa shape index (κ2) is 8.34. The van der Waals surface area contributed by atoms with Crippen molar-refractivity contribution in [3.8, 4) is 5.75 Å². The summed E-state index contributed by atoms with van der Waals surface area (Å²) >= 11 is 0. The standard InChI is InChI=1S/C16H25N3O4S/c1-23-15-8-6-13(7-9-15)18-14-4-2-10-19(12-14)16(20)5-3-11-24(17,21)22/h6-9,14,18H,2-5,10-12H2,1H3,(H2,17,21,22)/t14-/m0/s1. The molecule has 1 aliphatic heterocycles. The number of likely N-dealkylation sites (tertiary alicyclic amines) is 1. The van der Waals surface area contributed by atoms with Crippen LogP contribution in [0.2, 0.25) is 0 Å². The van der Waals surface area contributed by atoms with Crippen LogP contribution >= 0.6 is 0 Å². The highest BCUT2D eigenvalue weighted by Gasteiger charge is 2.23. The van der Waals surface area contributed by atoms with Gasteiger partial charge in [-0.25, -0.2) is 13.6 Å². The van der Waals surface area contributed by atoms with Gasteiger partial charge in [-0.3, -0.25) is 4.79 Å². The van der Waals surface area contributed by atoms with Gasteiger partial charge < -0.3 is 15.0 Å². The van der Waals surface area contributed by atoms with Gasteiger partial charge in [0.05, 0.1) is 12.9 Å². The molecule has 1 atom stereocenters. The highest BCUT2D eigenvalue weighted by atomic mass is 32.2. The number of nitrogens with one attached hydrogen (secondary N) is 1. The molecule has 3 N–H and O–H groups in total. The Hall–Kier alpha value is -1.80. The summed E-state index contributed by atoms with van der Waals surface area (Å²) in [5.74, 6) is 0.635. The topological polar surface area (TPSA) is 102 Å². The molecule has 7 nitrogen and oxygen atoms in total. The van der Waals surface area contributed by atoms with Gasteiger partial charge >= 0.3 is 0 Å². The van der Waals surface area contributed by atoms with Crippen LogP contribution in [-0.4, -0.2) is 51.2 Å². The Labute approximate surface area is 143 Å². The van der Waals surface area contributed by atoms with Crippen molar-refractivity contribution in [2.24, 2.45) is 5.14 Å². The van der Waals surface area contributed by atoms with E-state index >= 15 is 0 Å². The first-order chi connectivity index (χ1) is 11.4. The van der Waals surface area contributed by atoms with Crippen molar-refractivity contribution in [2.75, 3.05) is 31.3 Å². The predicted molar refractivity (Wildman–Crippen MR) is 93.4 cm³/mol. The summed E-state index contributed by atoms with van der Waals surface area (Å²) < 4.78 is 27.0. The number of nitrogens with two attached hydrogens (primary N) is 1. The molecule has 8 heteroatoms. The number of anilines is 1. The van der Waals surface area contributed by atoms with Crippen LogP contribution in [0.15, 0.2) is 24.3 Å². The van der Waals surface area contributed by atoms with E-state index in [2.05, 4.69) is 5.32 Å². The normalized spacial score (nSPS) is 18.2. The maximum atomic E-state index is 12.2. The number of hydrogen-bond acceptors (Lipinski definition) is 5. The Morgan fingerprint density at radius 3 is 2.71 bits per heavy atom. The molecule has 1 fully saturated rings. The number of methoxy groups -OCH3 is 1. The zero-order chi connectivity index (χ0) is 17.6. The van der Waals surface area contributed by atoms with E-state index in [4.69, 9.17) is 9.88 Å². The Bertz CT molecular complexity index is 646. The first-order valence-corrected chi connectivity index (χ1v) is 9.78. The molecule has 1 amide bonds. The van der Waals surface area contributed by atoms with Crippen LogP contribution < -0.4 is 15.2 Å². The van der Waals surface area contributed by atoms with E-state index in [1.54, 1.807) is 12.0 Å². The van der Waals surface area contributed by atoms with E-state index in [1.165, 1.54) is 0 Å². The Morgan fingerprint density at radius 1 is 1.38 bits per heavy atom. The third kappa shape index (κ3) is 6.01. The van der Waals surface area contributed by atoms with Crippen molar-refractivity contribution in [3.63, 3.8) is 0 Å². The van der Waals surface area contributed by atoms with Crippen molar-refractivity contribution >= 4 is 21.6 Å². The van der Waals surface area contributed by atoms with Crippen LogP contribution in [0.25, 0.3) is 0 Å². The van der Waals surface area contributed by atoms with E-state index in [0.29, 0.717) is 6.54 Å². The second-order valence-corrected chi connectivity index (χ2v) is 7.76. The number of carbonyl (C=O) groups is 1. The molecular formula is C16H25N3O4S. The zero-order valence-corrected chi connectivity index (χ0v) is 14.7. The van der Waals surface area contributed by atoms with Crippen molar-refractivity contribution in [3.05, 3.63) is 24.3 Å². The van der Waals surface area contributed by atoms with Crippen LogP contribution in [-0.2, 0) is 14.8 Å². The molecule has 1 saturated heterocycles. The predicted octanol–water partition coefficient (Wildman–Crippen LogP) is 1.17. The van der Waals surface area contributed by atoms with Gasteiger partial charge in [-0.1, -0.05) is 0 Å². The molecule has 134 valence electrons. The summed E-state index contributed by atoms with van der Waals surface area (Å²) in [6, 6.07) is 7.87. The summed E-state index contributed by atoms with van der Waals surface area (Å²) in [6.45, 7) is 1.34. The van der Waals surface area contributed by atoms with Gasteiger partial charge in [-0.05, 0) is 43.5 Å². The van der Waals surface area contributed by atoms with E-state index < -0.39 is 10.0 Å². The molecule has 0 saturated carbocycles. The van der Waals surface area contributed by atoms with Crippen LogP contribution in [0.5, 0.6) is 5.75 Å². The number of primary sulfonamides is 1. The van der Waals surface area contributed by atoms with Gasteiger partial charge in [0, 0.05) is 31.2 Å². The smallest absolute Gasteiger partial charge is 0.222 e. The third-order valence-electron chi connectivity index (χ3n) is 4.05. The Morgan fingerprint density at radius 2 is 2.08 bits per heavy atom. The first-order valence-electron chi connectivity index (χ1n) is 8.06. The van der Waals surface area contributed by atoms with E-state index in [1.807, 2.05) is 24.3 Å². The number of benzene rings is 1. The lowest BCUT2D eigenvalue weighted by Gasteiger charge is -2.34. The summed E-state index contributed by atoms with van der Waals surface area (Å²) in [7, 11) is -1.87. The summed E-state index contributed by atoms with van der Waals surface area (Å²) in [5.41, 5.74) is 0.990. The van der Waals surface area contributed by atoms with Crippen molar-refractivity contribution in [1.29, 1.82) is 0 Å². The molecule has 0 bridgehead atoms. The van der Waals surface area contributed by atoms with Gasteiger partial charge in [0.25, 0.3) is 0 Å². The number of carbonyl (C=O) groups excluding carboxylic acids is 1. The summed E-state index contributed by atoms with van der Waals surface area (Å²) in [4.78, 5) is 14.0. The zero-order valence-electron chi connectivity index (χ0n) is 13.9. The van der Waals surface area contributed by atoms with Gasteiger partial charge in [0.2, 0.25) is 15.9 Å². The maximum absolute atomic E-state index is 12.2. The molecule has 2 rings (SSSR count). The monoisotopic (exact) mass is 355 g/mol. The SMILES string of the molecule is COc1ccc(N[C@H]2CCCN(C(=O)CCCS(N)(=O)=O)C2)cc1. The maximum Gasteiger partial charge on any atom is 0.222 e. The fraction of sp³-hybridized carbons (Fsp3) is 0.562. The van der Waals surface area contributed by atoms with Crippen LogP contribution in [0.1, 0.15) is 25.7 Å². The fourth-order valence-corrected chi connectivity index (χ4v) is 3.37. The van der Waals surface area contributed by atoms with E-state index in [9.17, 15) is 13.2 Å². The lowest BCUT2D eigenvalue weighted by molar-refractivity contribution is -0.132. The molecule has 24 heavy (non-hydrogen) atoms. The number of nitrogens with zero attached hydrogens (tertiary/aromatic N) is 1.